The number of rotatable bonds is 6. The Morgan fingerprint density at radius 2 is 1.54 bits per heavy atom. The first-order chi connectivity index (χ1) is 12.5. The van der Waals surface area contributed by atoms with Crippen molar-refractivity contribution in [3.05, 3.63) is 72.0 Å². The predicted octanol–water partition coefficient (Wildman–Crippen LogP) is 2.55. The van der Waals surface area contributed by atoms with Crippen molar-refractivity contribution in [1.82, 2.24) is 0 Å². The predicted molar refractivity (Wildman–Crippen MR) is 93.6 cm³/mol. The molecular weight excluding hydrogens is 338 g/mol. The molecule has 0 bridgehead atoms. The Kier molecular flexibility index (Phi) is 6.50. The van der Waals surface area contributed by atoms with Crippen LogP contribution in [0, 0.1) is 0 Å². The monoisotopic (exact) mass is 355 g/mol. The summed E-state index contributed by atoms with van der Waals surface area (Å²) >= 11 is 0. The van der Waals surface area contributed by atoms with Gasteiger partial charge in [0, 0.05) is 5.56 Å². The summed E-state index contributed by atoms with van der Waals surface area (Å²) in [5.74, 6) is -2.20. The molecule has 0 aromatic heterocycles. The quantitative estimate of drug-likeness (QED) is 0.486. The lowest BCUT2D eigenvalue weighted by Gasteiger charge is -2.13. The van der Waals surface area contributed by atoms with E-state index in [4.69, 9.17) is 4.74 Å². The van der Waals surface area contributed by atoms with E-state index in [1.165, 1.54) is 13.2 Å². The van der Waals surface area contributed by atoms with Crippen LogP contribution < -0.4 is 10.1 Å². The van der Waals surface area contributed by atoms with Crippen LogP contribution in [0.25, 0.3) is 0 Å². The van der Waals surface area contributed by atoms with Crippen molar-refractivity contribution in [2.24, 2.45) is 0 Å². The summed E-state index contributed by atoms with van der Waals surface area (Å²) in [5, 5.41) is 2.70. The molecule has 0 aliphatic rings. The van der Waals surface area contributed by atoms with Crippen LogP contribution in [0.1, 0.15) is 10.4 Å². The number of hydrogen-bond acceptors (Lipinski definition) is 6. The number of benzene rings is 2. The van der Waals surface area contributed by atoms with Crippen molar-refractivity contribution >= 4 is 23.5 Å². The highest BCUT2D eigenvalue weighted by Crippen LogP contribution is 2.26. The zero-order valence-corrected chi connectivity index (χ0v) is 14.2. The fourth-order valence-corrected chi connectivity index (χ4v) is 1.96. The molecule has 0 saturated heterocycles. The Morgan fingerprint density at radius 3 is 2.19 bits per heavy atom. The largest absolute Gasteiger partial charge is 0.466 e. The number of methoxy groups -OCH3 is 2. The highest BCUT2D eigenvalue weighted by atomic mass is 16.6. The van der Waals surface area contributed by atoms with E-state index in [-0.39, 0.29) is 17.4 Å². The van der Waals surface area contributed by atoms with Crippen molar-refractivity contribution in [1.29, 1.82) is 0 Å². The topological polar surface area (TPSA) is 90.9 Å². The number of carbonyl (C=O) groups excluding carboxylic acids is 3. The zero-order chi connectivity index (χ0) is 18.9. The number of esters is 2. The Balaban J connectivity index is 2.27. The molecule has 1 amide bonds. The fourth-order valence-electron chi connectivity index (χ4n) is 1.96. The number of para-hydroxylation sites is 2. The Labute approximate surface area is 150 Å². The fraction of sp³-hybridized carbons (Fsp3) is 0.105. The third-order valence-corrected chi connectivity index (χ3v) is 3.23. The Hall–Kier alpha value is -3.61. The van der Waals surface area contributed by atoms with Gasteiger partial charge >= 0.3 is 11.9 Å². The second-order valence-electron chi connectivity index (χ2n) is 4.94. The standard InChI is InChI=1S/C19H17NO6/c1-24-17(21)12-16(19(23)25-2)26-15-11-7-6-10-14(15)20-18(22)13-8-4-3-5-9-13/h3-12H,1-2H3,(H,20,22)/b16-12+. The average molecular weight is 355 g/mol. The van der Waals surface area contributed by atoms with Crippen LogP contribution >= 0.6 is 0 Å². The second-order valence-corrected chi connectivity index (χ2v) is 4.94. The molecule has 0 aliphatic carbocycles. The van der Waals surface area contributed by atoms with Gasteiger partial charge in [-0.05, 0) is 24.3 Å². The van der Waals surface area contributed by atoms with Gasteiger partial charge in [-0.3, -0.25) is 4.79 Å². The summed E-state index contributed by atoms with van der Waals surface area (Å²) in [6.45, 7) is 0. The molecule has 2 aromatic carbocycles. The van der Waals surface area contributed by atoms with Crippen molar-refractivity contribution in [2.45, 2.75) is 0 Å². The molecule has 134 valence electrons. The van der Waals surface area contributed by atoms with Crippen LogP contribution in [0.15, 0.2) is 66.4 Å². The van der Waals surface area contributed by atoms with E-state index in [0.29, 0.717) is 11.3 Å². The van der Waals surface area contributed by atoms with E-state index in [1.54, 1.807) is 48.5 Å². The molecular formula is C19H17NO6. The molecule has 0 atom stereocenters. The van der Waals surface area contributed by atoms with E-state index in [2.05, 4.69) is 14.8 Å². The second kappa shape index (κ2) is 9.03. The lowest BCUT2D eigenvalue weighted by Crippen LogP contribution is -2.16. The number of carbonyl (C=O) groups is 3. The summed E-state index contributed by atoms with van der Waals surface area (Å²) in [4.78, 5) is 35.6. The number of nitrogens with one attached hydrogen (secondary N) is 1. The molecule has 26 heavy (non-hydrogen) atoms. The van der Waals surface area contributed by atoms with Crippen molar-refractivity contribution in [2.75, 3.05) is 19.5 Å². The first-order valence-corrected chi connectivity index (χ1v) is 7.56. The minimum atomic E-state index is -0.861. The van der Waals surface area contributed by atoms with Gasteiger partial charge in [-0.2, -0.15) is 0 Å². The maximum atomic E-state index is 12.3. The van der Waals surface area contributed by atoms with Crippen LogP contribution in [-0.4, -0.2) is 32.1 Å². The molecule has 7 nitrogen and oxygen atoms in total. The van der Waals surface area contributed by atoms with E-state index in [1.807, 2.05) is 0 Å². The molecule has 0 saturated carbocycles. The van der Waals surface area contributed by atoms with Crippen LogP contribution in [0.4, 0.5) is 5.69 Å². The Morgan fingerprint density at radius 1 is 0.885 bits per heavy atom. The smallest absolute Gasteiger partial charge is 0.374 e. The van der Waals surface area contributed by atoms with Crippen LogP contribution in [0.2, 0.25) is 0 Å². The SMILES string of the molecule is COC(=O)/C=C(/Oc1ccccc1NC(=O)c1ccccc1)C(=O)OC. The maximum Gasteiger partial charge on any atom is 0.374 e. The third-order valence-electron chi connectivity index (χ3n) is 3.23. The molecule has 0 radical (unpaired) electrons. The van der Waals surface area contributed by atoms with Gasteiger partial charge in [0.1, 0.15) is 0 Å². The van der Waals surface area contributed by atoms with Crippen molar-refractivity contribution < 1.29 is 28.6 Å². The lowest BCUT2D eigenvalue weighted by atomic mass is 10.2. The minimum absolute atomic E-state index is 0.164. The van der Waals surface area contributed by atoms with E-state index in [9.17, 15) is 14.4 Å². The first-order valence-electron chi connectivity index (χ1n) is 7.56. The molecule has 0 unspecified atom stereocenters. The number of anilines is 1. The van der Waals surface area contributed by atoms with Crippen LogP contribution in [-0.2, 0) is 19.1 Å². The summed E-state index contributed by atoms with van der Waals surface area (Å²) in [7, 11) is 2.32. The highest BCUT2D eigenvalue weighted by Gasteiger charge is 2.18. The lowest BCUT2D eigenvalue weighted by molar-refractivity contribution is -0.140. The van der Waals surface area contributed by atoms with E-state index < -0.39 is 11.9 Å². The number of amides is 1. The molecule has 0 heterocycles. The summed E-state index contributed by atoms with van der Waals surface area (Å²) in [5.41, 5.74) is 0.779. The highest BCUT2D eigenvalue weighted by molar-refractivity contribution is 6.05. The van der Waals surface area contributed by atoms with Gasteiger partial charge in [0.05, 0.1) is 26.0 Å². The normalized spacial score (nSPS) is 10.6. The first kappa shape index (κ1) is 18.7. The van der Waals surface area contributed by atoms with Gasteiger partial charge in [-0.15, -0.1) is 0 Å². The van der Waals surface area contributed by atoms with Gasteiger partial charge in [-0.25, -0.2) is 9.59 Å². The van der Waals surface area contributed by atoms with Gasteiger partial charge in [-0.1, -0.05) is 30.3 Å². The molecule has 0 fully saturated rings. The molecule has 7 heteroatoms. The molecule has 0 spiro atoms. The molecule has 1 N–H and O–H groups in total. The van der Waals surface area contributed by atoms with Gasteiger partial charge in [0.15, 0.2) is 5.75 Å². The van der Waals surface area contributed by atoms with Gasteiger partial charge < -0.3 is 19.5 Å². The molecule has 0 aliphatic heterocycles. The third kappa shape index (κ3) is 4.94. The van der Waals surface area contributed by atoms with E-state index in [0.717, 1.165) is 13.2 Å². The number of ether oxygens (including phenoxy) is 3. The van der Waals surface area contributed by atoms with Crippen LogP contribution in [0.5, 0.6) is 5.75 Å². The Bertz CT molecular complexity index is 829. The van der Waals surface area contributed by atoms with Gasteiger partial charge in [0.2, 0.25) is 5.76 Å². The summed E-state index contributed by atoms with van der Waals surface area (Å²) in [6.07, 6.45) is 0.863. The summed E-state index contributed by atoms with van der Waals surface area (Å²) < 4.78 is 14.6. The maximum absolute atomic E-state index is 12.3. The molecule has 2 aromatic rings. The van der Waals surface area contributed by atoms with E-state index >= 15 is 0 Å². The van der Waals surface area contributed by atoms with Crippen molar-refractivity contribution in [3.8, 4) is 5.75 Å². The minimum Gasteiger partial charge on any atom is -0.466 e. The molecule has 2 rings (SSSR count). The summed E-state index contributed by atoms with van der Waals surface area (Å²) in [6, 6.07) is 15.1. The van der Waals surface area contributed by atoms with Crippen LogP contribution in [0.3, 0.4) is 0 Å². The number of hydrogen-bond donors (Lipinski definition) is 1. The zero-order valence-electron chi connectivity index (χ0n) is 14.2. The average Bonchev–Trinajstić information content (AvgIpc) is 2.68. The van der Waals surface area contributed by atoms with Crippen molar-refractivity contribution in [3.63, 3.8) is 0 Å². The van der Waals surface area contributed by atoms with Gasteiger partial charge in [0.25, 0.3) is 5.91 Å².